The summed E-state index contributed by atoms with van der Waals surface area (Å²) in [5.74, 6) is -1.25. The molecule has 0 radical (unpaired) electrons. The molecule has 0 N–H and O–H groups in total. The Hall–Kier alpha value is -3.60. The lowest BCUT2D eigenvalue weighted by atomic mass is 9.66. The fourth-order valence-electron chi connectivity index (χ4n) is 6.67. The summed E-state index contributed by atoms with van der Waals surface area (Å²) in [5, 5.41) is 8.54. The minimum Gasteiger partial charge on any atom is -0.443 e. The van der Waals surface area contributed by atoms with Gasteiger partial charge < -0.3 is 4.42 Å². The SMILES string of the molecule is CC1(C)[C@H]2CC[C@]1(c1cncc(-c3nc(CS(=O)(=O)C4CC4)co3)n1)c1nnc(-c3c(F)cccc3F)cc12. The maximum absolute atomic E-state index is 14.5. The van der Waals surface area contributed by atoms with Gasteiger partial charge in [-0.15, -0.1) is 5.10 Å². The van der Waals surface area contributed by atoms with Gasteiger partial charge in [0.2, 0.25) is 5.89 Å². The lowest BCUT2D eigenvalue weighted by Gasteiger charge is -2.37. The summed E-state index contributed by atoms with van der Waals surface area (Å²) >= 11 is 0. The van der Waals surface area contributed by atoms with Crippen molar-refractivity contribution in [3.05, 3.63) is 77.2 Å². The van der Waals surface area contributed by atoms with Crippen LogP contribution in [0.4, 0.5) is 8.78 Å². The van der Waals surface area contributed by atoms with Crippen molar-refractivity contribution in [2.45, 2.75) is 61.9 Å². The number of hydrogen-bond donors (Lipinski definition) is 0. The van der Waals surface area contributed by atoms with E-state index in [9.17, 15) is 17.2 Å². The predicted octanol–water partition coefficient (Wildman–Crippen LogP) is 5.15. The molecule has 7 rings (SSSR count). The number of benzene rings is 1. The first-order valence-electron chi connectivity index (χ1n) is 12.9. The van der Waals surface area contributed by atoms with Crippen LogP contribution < -0.4 is 0 Å². The van der Waals surface area contributed by atoms with Gasteiger partial charge in [-0.2, -0.15) is 5.10 Å². The number of rotatable bonds is 6. The standard InChI is InChI=1S/C28H25F2N5O3S/c1-27(2)18-8-9-28(27,25-17(18)10-21(34-35-25)24-19(29)4-3-5-20(24)30)23-12-31-11-22(33-23)26-32-15(13-38-26)14-39(36,37)16-6-7-16/h3-5,10-13,16,18H,6-9,14H2,1-2H3/t18-,28-/m0/s1. The van der Waals surface area contributed by atoms with E-state index in [4.69, 9.17) is 9.40 Å². The highest BCUT2D eigenvalue weighted by atomic mass is 32.2. The van der Waals surface area contributed by atoms with E-state index < -0.39 is 26.9 Å². The smallest absolute Gasteiger partial charge is 0.246 e. The van der Waals surface area contributed by atoms with Gasteiger partial charge in [0.1, 0.15) is 23.6 Å². The zero-order chi connectivity index (χ0) is 27.2. The van der Waals surface area contributed by atoms with Crippen molar-refractivity contribution < 1.29 is 21.6 Å². The van der Waals surface area contributed by atoms with Crippen LogP contribution in [0, 0.1) is 17.0 Å². The van der Waals surface area contributed by atoms with Crippen LogP contribution in [0.3, 0.4) is 0 Å². The summed E-state index contributed by atoms with van der Waals surface area (Å²) in [4.78, 5) is 13.7. The maximum Gasteiger partial charge on any atom is 0.246 e. The molecule has 2 bridgehead atoms. The molecule has 3 aliphatic carbocycles. The van der Waals surface area contributed by atoms with Crippen molar-refractivity contribution in [2.75, 3.05) is 0 Å². The molecule has 8 nitrogen and oxygen atoms in total. The largest absolute Gasteiger partial charge is 0.443 e. The molecule has 0 amide bonds. The van der Waals surface area contributed by atoms with E-state index in [0.717, 1.165) is 24.1 Å². The summed E-state index contributed by atoms with van der Waals surface area (Å²) in [5.41, 5.74) is 2.08. The Morgan fingerprint density at radius 1 is 1.03 bits per heavy atom. The van der Waals surface area contributed by atoms with Crippen LogP contribution in [0.15, 0.2) is 47.3 Å². The molecule has 0 saturated heterocycles. The van der Waals surface area contributed by atoms with Gasteiger partial charge in [0.25, 0.3) is 0 Å². The van der Waals surface area contributed by atoms with Crippen LogP contribution in [0.1, 0.15) is 68.1 Å². The number of oxazole rings is 1. The van der Waals surface area contributed by atoms with Gasteiger partial charge in [-0.1, -0.05) is 19.9 Å². The molecule has 11 heteroatoms. The Bertz CT molecular complexity index is 1730. The Balaban J connectivity index is 1.29. The highest BCUT2D eigenvalue weighted by Gasteiger charge is 2.65. The molecule has 2 atom stereocenters. The summed E-state index contributed by atoms with van der Waals surface area (Å²) in [7, 11) is -3.24. The summed E-state index contributed by atoms with van der Waals surface area (Å²) in [6, 6.07) is 5.50. The molecule has 200 valence electrons. The van der Waals surface area contributed by atoms with Gasteiger partial charge >= 0.3 is 0 Å². The van der Waals surface area contributed by atoms with Gasteiger partial charge in [0.05, 0.1) is 51.0 Å². The minimum atomic E-state index is -3.24. The Kier molecular flexibility index (Phi) is 5.14. The molecule has 0 unspecified atom stereocenters. The average Bonchev–Trinajstić information content (AvgIpc) is 3.58. The maximum atomic E-state index is 14.5. The molecule has 39 heavy (non-hydrogen) atoms. The topological polar surface area (TPSA) is 112 Å². The average molecular weight is 550 g/mol. The van der Waals surface area contributed by atoms with Gasteiger partial charge in [0, 0.05) is 6.20 Å². The predicted molar refractivity (Wildman–Crippen MR) is 137 cm³/mol. The van der Waals surface area contributed by atoms with Gasteiger partial charge in [-0.25, -0.2) is 27.2 Å². The first-order valence-corrected chi connectivity index (χ1v) is 14.6. The molecule has 0 spiro atoms. The van der Waals surface area contributed by atoms with E-state index in [2.05, 4.69) is 34.0 Å². The van der Waals surface area contributed by atoms with E-state index in [1.54, 1.807) is 12.3 Å². The van der Waals surface area contributed by atoms with E-state index in [1.165, 1.54) is 30.7 Å². The van der Waals surface area contributed by atoms with Crippen molar-refractivity contribution in [2.24, 2.45) is 5.41 Å². The summed E-state index contributed by atoms with van der Waals surface area (Å²) in [6.07, 6.45) is 7.60. The van der Waals surface area contributed by atoms with Crippen molar-refractivity contribution in [1.29, 1.82) is 0 Å². The highest BCUT2D eigenvalue weighted by Crippen LogP contribution is 2.69. The Morgan fingerprint density at radius 2 is 1.79 bits per heavy atom. The number of aromatic nitrogens is 5. The highest BCUT2D eigenvalue weighted by molar-refractivity contribution is 7.91. The number of hydrogen-bond acceptors (Lipinski definition) is 8. The van der Waals surface area contributed by atoms with Gasteiger partial charge in [0.15, 0.2) is 9.84 Å². The fourth-order valence-corrected chi connectivity index (χ4v) is 8.31. The third-order valence-corrected chi connectivity index (χ3v) is 11.0. The van der Waals surface area contributed by atoms with Gasteiger partial charge in [-0.05, 0) is 60.8 Å². The second kappa shape index (κ2) is 8.20. The summed E-state index contributed by atoms with van der Waals surface area (Å²) in [6.45, 7) is 4.30. The van der Waals surface area contributed by atoms with E-state index in [1.807, 2.05) is 0 Å². The molecule has 1 aromatic carbocycles. The van der Waals surface area contributed by atoms with Crippen molar-refractivity contribution in [3.63, 3.8) is 0 Å². The zero-order valence-electron chi connectivity index (χ0n) is 21.4. The first kappa shape index (κ1) is 24.4. The molecule has 4 aromatic rings. The minimum absolute atomic E-state index is 0.0861. The lowest BCUT2D eigenvalue weighted by molar-refractivity contribution is 0.242. The zero-order valence-corrected chi connectivity index (χ0v) is 22.2. The van der Waals surface area contributed by atoms with Crippen LogP contribution in [0.25, 0.3) is 22.8 Å². The molecule has 2 saturated carbocycles. The number of fused-ring (bicyclic) bond motifs is 5. The van der Waals surface area contributed by atoms with Gasteiger partial charge in [-0.3, -0.25) is 4.98 Å². The Morgan fingerprint density at radius 3 is 2.54 bits per heavy atom. The van der Waals surface area contributed by atoms with Crippen LogP contribution >= 0.6 is 0 Å². The molecule has 2 fully saturated rings. The van der Waals surface area contributed by atoms with Crippen LogP contribution in [0.5, 0.6) is 0 Å². The van der Waals surface area contributed by atoms with E-state index >= 15 is 0 Å². The quantitative estimate of drug-likeness (QED) is 0.325. The normalized spacial score (nSPS) is 23.2. The van der Waals surface area contributed by atoms with E-state index in [0.29, 0.717) is 29.9 Å². The lowest BCUT2D eigenvalue weighted by Crippen LogP contribution is -2.38. The van der Waals surface area contributed by atoms with Crippen molar-refractivity contribution >= 4 is 9.84 Å². The third kappa shape index (κ3) is 3.51. The molecule has 3 aromatic heterocycles. The number of nitrogens with zero attached hydrogens (tertiary/aromatic N) is 5. The third-order valence-electron chi connectivity index (χ3n) is 8.83. The summed E-state index contributed by atoms with van der Waals surface area (Å²) < 4.78 is 59.5. The molecule has 3 heterocycles. The Labute approximate surface area is 223 Å². The van der Waals surface area contributed by atoms with Crippen molar-refractivity contribution in [1.82, 2.24) is 25.1 Å². The first-order chi connectivity index (χ1) is 18.6. The fraction of sp³-hybridized carbons (Fsp3) is 0.393. The molecular formula is C28H25F2N5O3S. The molecule has 3 aliphatic rings. The van der Waals surface area contributed by atoms with Crippen LogP contribution in [-0.4, -0.2) is 38.8 Å². The monoisotopic (exact) mass is 549 g/mol. The van der Waals surface area contributed by atoms with Crippen LogP contribution in [0.2, 0.25) is 0 Å². The second-order valence-corrected chi connectivity index (χ2v) is 13.6. The van der Waals surface area contributed by atoms with Crippen molar-refractivity contribution in [3.8, 4) is 22.8 Å². The van der Waals surface area contributed by atoms with Crippen LogP contribution in [-0.2, 0) is 21.0 Å². The molecular weight excluding hydrogens is 524 g/mol. The van der Waals surface area contributed by atoms with E-state index in [-0.39, 0.29) is 39.5 Å². The molecule has 0 aliphatic heterocycles. The second-order valence-electron chi connectivity index (χ2n) is 11.3. The number of halogens is 2. The number of sulfone groups is 1.